The Bertz CT molecular complexity index is 1330. The largest absolute Gasteiger partial charge is 0.394 e. The van der Waals surface area contributed by atoms with Gasteiger partial charge in [-0.05, 0) is 30.3 Å². The van der Waals surface area contributed by atoms with Crippen LogP contribution in [0.3, 0.4) is 0 Å². The average Bonchev–Trinajstić information content (AvgIpc) is 3.37. The number of halogens is 2. The van der Waals surface area contributed by atoms with Gasteiger partial charge in [0, 0.05) is 28.9 Å². The van der Waals surface area contributed by atoms with Gasteiger partial charge in [0.05, 0.1) is 37.1 Å². The first-order valence-electron chi connectivity index (χ1n) is 9.09. The van der Waals surface area contributed by atoms with Gasteiger partial charge in [-0.15, -0.1) is 17.5 Å². The van der Waals surface area contributed by atoms with Crippen LogP contribution < -0.4 is 0 Å². The highest BCUT2D eigenvalue weighted by Crippen LogP contribution is 2.23. The number of pyridine rings is 2. The van der Waals surface area contributed by atoms with Gasteiger partial charge < -0.3 is 5.11 Å². The Labute approximate surface area is 176 Å². The van der Waals surface area contributed by atoms with E-state index >= 15 is 0 Å². The van der Waals surface area contributed by atoms with Crippen LogP contribution >= 0.6 is 12.4 Å². The number of fused-ring (bicyclic) bond motifs is 2. The third-order valence-electron chi connectivity index (χ3n) is 4.74. The normalized spacial score (nSPS) is 11.1. The van der Waals surface area contributed by atoms with Gasteiger partial charge in [0.1, 0.15) is 11.3 Å². The van der Waals surface area contributed by atoms with E-state index in [-0.39, 0.29) is 31.4 Å². The highest BCUT2D eigenvalue weighted by molar-refractivity contribution is 5.85. The zero-order valence-electron chi connectivity index (χ0n) is 15.7. The van der Waals surface area contributed by atoms with Crippen molar-refractivity contribution in [3.05, 3.63) is 66.4 Å². The number of benzene rings is 1. The molecule has 0 fully saturated rings. The van der Waals surface area contributed by atoms with Gasteiger partial charge in [-0.25, -0.2) is 14.1 Å². The van der Waals surface area contributed by atoms with Crippen molar-refractivity contribution in [3.63, 3.8) is 0 Å². The van der Waals surface area contributed by atoms with Crippen molar-refractivity contribution in [3.8, 4) is 11.3 Å². The molecular formula is C20H17ClFN7O. The van der Waals surface area contributed by atoms with E-state index in [1.54, 1.807) is 46.0 Å². The highest BCUT2D eigenvalue weighted by atomic mass is 35.5. The Kier molecular flexibility index (Phi) is 5.39. The van der Waals surface area contributed by atoms with Gasteiger partial charge in [0.2, 0.25) is 0 Å². The lowest BCUT2D eigenvalue weighted by Gasteiger charge is -2.07. The molecule has 0 spiro atoms. The summed E-state index contributed by atoms with van der Waals surface area (Å²) in [5.41, 5.74) is 3.80. The summed E-state index contributed by atoms with van der Waals surface area (Å²) < 4.78 is 18.2. The van der Waals surface area contributed by atoms with Crippen molar-refractivity contribution in [2.24, 2.45) is 0 Å². The Morgan fingerprint density at radius 3 is 2.80 bits per heavy atom. The lowest BCUT2D eigenvalue weighted by Crippen LogP contribution is -2.05. The Morgan fingerprint density at radius 2 is 1.93 bits per heavy atom. The molecule has 10 heteroatoms. The summed E-state index contributed by atoms with van der Waals surface area (Å²) in [6.07, 6.45) is 5.14. The molecule has 4 aromatic heterocycles. The molecule has 30 heavy (non-hydrogen) atoms. The van der Waals surface area contributed by atoms with Crippen molar-refractivity contribution < 1.29 is 9.50 Å². The second-order valence-corrected chi connectivity index (χ2v) is 6.61. The number of rotatable bonds is 5. The molecule has 1 aromatic carbocycles. The fourth-order valence-corrected chi connectivity index (χ4v) is 3.29. The molecule has 0 saturated carbocycles. The molecule has 0 radical (unpaired) electrons. The van der Waals surface area contributed by atoms with Crippen LogP contribution in [0.4, 0.5) is 4.39 Å². The van der Waals surface area contributed by atoms with E-state index in [0.717, 1.165) is 5.56 Å². The molecule has 5 rings (SSSR count). The summed E-state index contributed by atoms with van der Waals surface area (Å²) in [5.74, 6) is -0.319. The average molecular weight is 426 g/mol. The number of nitrogens with zero attached hydrogens (tertiary/aromatic N) is 7. The Morgan fingerprint density at radius 1 is 1.07 bits per heavy atom. The van der Waals surface area contributed by atoms with Gasteiger partial charge in [0.15, 0.2) is 5.65 Å². The number of hydrogen-bond donors (Lipinski definition) is 1. The molecule has 0 aliphatic rings. The molecule has 0 amide bonds. The second kappa shape index (κ2) is 8.13. The van der Waals surface area contributed by atoms with Crippen molar-refractivity contribution in [2.75, 3.05) is 6.61 Å². The molecule has 1 N–H and O–H groups in total. The number of aliphatic hydroxyl groups excluding tert-OH is 1. The molecule has 0 aliphatic heterocycles. The third kappa shape index (κ3) is 3.49. The minimum atomic E-state index is -0.319. The van der Waals surface area contributed by atoms with Gasteiger partial charge in [0.25, 0.3) is 0 Å². The summed E-state index contributed by atoms with van der Waals surface area (Å²) >= 11 is 0. The van der Waals surface area contributed by atoms with Crippen molar-refractivity contribution in [2.45, 2.75) is 13.1 Å². The van der Waals surface area contributed by atoms with Crippen LogP contribution in [0, 0.1) is 5.82 Å². The molecule has 8 nitrogen and oxygen atoms in total. The lowest BCUT2D eigenvalue weighted by atomic mass is 10.1. The second-order valence-electron chi connectivity index (χ2n) is 6.61. The standard InChI is InChI=1S/C20H16FN7O.ClH/c21-19-13(3-4-17-15(19)2-1-7-22-17)12-28-20-18(25-26-28)6-5-16(24-20)14-10-23-27(11-14)8-9-29;/h1-7,10-11,29H,8-9,12H2;1H. The molecule has 152 valence electrons. The van der Waals surface area contributed by atoms with Crippen LogP contribution in [0.5, 0.6) is 0 Å². The van der Waals surface area contributed by atoms with E-state index < -0.39 is 0 Å². The van der Waals surface area contributed by atoms with Crippen LogP contribution in [0.2, 0.25) is 0 Å². The van der Waals surface area contributed by atoms with Crippen molar-refractivity contribution >= 4 is 34.5 Å². The van der Waals surface area contributed by atoms with Crippen molar-refractivity contribution in [1.29, 1.82) is 0 Å². The monoisotopic (exact) mass is 425 g/mol. The Balaban J connectivity index is 0.00000218. The zero-order valence-corrected chi connectivity index (χ0v) is 16.5. The molecule has 0 unspecified atom stereocenters. The number of aromatic nitrogens is 7. The molecule has 4 heterocycles. The van der Waals surface area contributed by atoms with Crippen LogP contribution in [0.1, 0.15) is 5.56 Å². The van der Waals surface area contributed by atoms with E-state index in [1.165, 1.54) is 0 Å². The first kappa shape index (κ1) is 19.9. The van der Waals surface area contributed by atoms with Crippen LogP contribution in [0.15, 0.2) is 55.0 Å². The van der Waals surface area contributed by atoms with E-state index in [0.29, 0.717) is 39.9 Å². The first-order valence-corrected chi connectivity index (χ1v) is 9.09. The third-order valence-corrected chi connectivity index (χ3v) is 4.74. The number of hydrogen-bond acceptors (Lipinski definition) is 6. The zero-order chi connectivity index (χ0) is 19.8. The fourth-order valence-electron chi connectivity index (χ4n) is 3.29. The molecule has 0 aliphatic carbocycles. The van der Waals surface area contributed by atoms with Gasteiger partial charge in [-0.3, -0.25) is 9.67 Å². The van der Waals surface area contributed by atoms with Gasteiger partial charge in [-0.1, -0.05) is 11.3 Å². The SMILES string of the molecule is Cl.OCCn1cc(-c2ccc3nnn(Cc4ccc5ncccc5c4F)c3n2)cn1. The Hall–Kier alpha value is -3.43. The molecule has 0 saturated heterocycles. The first-order chi connectivity index (χ1) is 14.2. The molecule has 0 bridgehead atoms. The van der Waals surface area contributed by atoms with Crippen molar-refractivity contribution in [1.82, 2.24) is 34.7 Å². The predicted octanol–water partition coefficient (Wildman–Crippen LogP) is 2.84. The molecule has 5 aromatic rings. The fraction of sp³-hybridized carbons (Fsp3) is 0.150. The van der Waals surface area contributed by atoms with Gasteiger partial charge in [-0.2, -0.15) is 5.10 Å². The summed E-state index contributed by atoms with van der Waals surface area (Å²) in [4.78, 5) is 8.83. The van der Waals surface area contributed by atoms with E-state index in [4.69, 9.17) is 5.11 Å². The lowest BCUT2D eigenvalue weighted by molar-refractivity contribution is 0.269. The molecular weight excluding hydrogens is 409 g/mol. The summed E-state index contributed by atoms with van der Waals surface area (Å²) in [6, 6.07) is 10.6. The minimum absolute atomic E-state index is 0. The van der Waals surface area contributed by atoms with Crippen LogP contribution in [-0.2, 0) is 13.1 Å². The predicted molar refractivity (Wildman–Crippen MR) is 112 cm³/mol. The summed E-state index contributed by atoms with van der Waals surface area (Å²) in [6.45, 7) is 0.627. The maximum Gasteiger partial charge on any atom is 0.179 e. The smallest absolute Gasteiger partial charge is 0.179 e. The van der Waals surface area contributed by atoms with E-state index in [9.17, 15) is 4.39 Å². The topological polar surface area (TPSA) is 94.5 Å². The van der Waals surface area contributed by atoms with Gasteiger partial charge >= 0.3 is 0 Å². The molecule has 0 atom stereocenters. The number of aliphatic hydroxyl groups is 1. The van der Waals surface area contributed by atoms with Crippen LogP contribution in [-0.4, -0.2) is 46.5 Å². The summed E-state index contributed by atoms with van der Waals surface area (Å²) in [5, 5.41) is 22.0. The minimum Gasteiger partial charge on any atom is -0.394 e. The van der Waals surface area contributed by atoms with E-state index in [2.05, 4.69) is 25.4 Å². The maximum atomic E-state index is 14.9. The summed E-state index contributed by atoms with van der Waals surface area (Å²) in [7, 11) is 0. The van der Waals surface area contributed by atoms with E-state index in [1.807, 2.05) is 18.3 Å². The van der Waals surface area contributed by atoms with Crippen LogP contribution in [0.25, 0.3) is 33.3 Å². The quantitative estimate of drug-likeness (QED) is 0.465. The maximum absolute atomic E-state index is 14.9. The highest BCUT2D eigenvalue weighted by Gasteiger charge is 2.13.